The van der Waals surface area contributed by atoms with Crippen molar-refractivity contribution in [3.63, 3.8) is 0 Å². The number of halogens is 2. The summed E-state index contributed by atoms with van der Waals surface area (Å²) in [5, 5.41) is 2.71. The second-order valence-electron chi connectivity index (χ2n) is 7.60. The number of allylic oxidation sites excluding steroid dienone is 1. The Labute approximate surface area is 171 Å². The fourth-order valence-electron chi connectivity index (χ4n) is 4.13. The molecule has 0 bridgehead atoms. The molecule has 2 nitrogen and oxygen atoms in total. The lowest BCUT2D eigenvalue weighted by molar-refractivity contribution is 0.242. The Morgan fingerprint density at radius 1 is 1.15 bits per heavy atom. The van der Waals surface area contributed by atoms with Crippen molar-refractivity contribution in [1.29, 1.82) is 0 Å². The molecule has 140 valence electrons. The molecule has 27 heavy (non-hydrogen) atoms. The maximum atomic E-state index is 6.46. The standard InChI is InChI=1S/C23H24Cl2N2/c1-14-5-8-22-20(11-14)19-9-10-26(4)16(3)23(19)27(22)13-15(2)18-7-6-17(24)12-21(18)25/h5-8,11-13,16H,9-10H2,1-4H3/b15-13-. The molecule has 0 fully saturated rings. The molecule has 1 aromatic heterocycles. The van der Waals surface area contributed by atoms with Gasteiger partial charge in [0.05, 0.1) is 5.52 Å². The van der Waals surface area contributed by atoms with E-state index in [9.17, 15) is 0 Å². The van der Waals surface area contributed by atoms with Crippen LogP contribution in [-0.4, -0.2) is 23.1 Å². The van der Waals surface area contributed by atoms with Crippen LogP contribution < -0.4 is 0 Å². The van der Waals surface area contributed by atoms with E-state index in [1.54, 1.807) is 6.07 Å². The number of likely N-dealkylation sites (N-methyl/N-ethyl adjacent to an activating group) is 1. The van der Waals surface area contributed by atoms with Crippen molar-refractivity contribution in [3.05, 3.63) is 68.8 Å². The largest absolute Gasteiger partial charge is 0.318 e. The average Bonchev–Trinajstić information content (AvgIpc) is 2.91. The fourth-order valence-corrected chi connectivity index (χ4v) is 4.69. The molecule has 0 radical (unpaired) electrons. The van der Waals surface area contributed by atoms with Crippen molar-refractivity contribution < 1.29 is 0 Å². The van der Waals surface area contributed by atoms with Crippen LogP contribution in [0.25, 0.3) is 22.7 Å². The van der Waals surface area contributed by atoms with Gasteiger partial charge in [-0.05, 0) is 75.2 Å². The minimum Gasteiger partial charge on any atom is -0.318 e. The molecular weight excluding hydrogens is 375 g/mol. The van der Waals surface area contributed by atoms with Gasteiger partial charge < -0.3 is 4.57 Å². The second kappa shape index (κ2) is 7.01. The molecule has 1 atom stereocenters. The van der Waals surface area contributed by atoms with Crippen LogP contribution in [0.15, 0.2) is 36.4 Å². The highest BCUT2D eigenvalue weighted by Gasteiger charge is 2.27. The highest BCUT2D eigenvalue weighted by Crippen LogP contribution is 2.38. The Hall–Kier alpha value is -1.74. The molecule has 3 aromatic rings. The smallest absolute Gasteiger partial charge is 0.0529 e. The van der Waals surface area contributed by atoms with Crippen LogP contribution in [0.2, 0.25) is 10.0 Å². The van der Waals surface area contributed by atoms with Crippen molar-refractivity contribution in [3.8, 4) is 0 Å². The van der Waals surface area contributed by atoms with Gasteiger partial charge >= 0.3 is 0 Å². The zero-order chi connectivity index (χ0) is 19.3. The molecule has 0 saturated carbocycles. The number of hydrogen-bond donors (Lipinski definition) is 0. The fraction of sp³-hybridized carbons (Fsp3) is 0.304. The van der Waals surface area contributed by atoms with Gasteiger partial charge in [-0.25, -0.2) is 0 Å². The number of hydrogen-bond acceptors (Lipinski definition) is 1. The second-order valence-corrected chi connectivity index (χ2v) is 8.44. The first kappa shape index (κ1) is 18.6. The Kier molecular flexibility index (Phi) is 4.84. The number of nitrogens with zero attached hydrogens (tertiary/aromatic N) is 2. The van der Waals surface area contributed by atoms with Crippen LogP contribution >= 0.6 is 23.2 Å². The molecule has 0 amide bonds. The van der Waals surface area contributed by atoms with Gasteiger partial charge in [-0.2, -0.15) is 0 Å². The molecule has 2 heterocycles. The Bertz CT molecular complexity index is 1060. The van der Waals surface area contributed by atoms with Gasteiger partial charge in [-0.1, -0.05) is 40.9 Å². The van der Waals surface area contributed by atoms with Gasteiger partial charge in [0.2, 0.25) is 0 Å². The quantitative estimate of drug-likeness (QED) is 0.459. The summed E-state index contributed by atoms with van der Waals surface area (Å²) < 4.78 is 2.37. The third kappa shape index (κ3) is 3.20. The predicted octanol–water partition coefficient (Wildman–Crippen LogP) is 6.82. The lowest BCUT2D eigenvalue weighted by atomic mass is 9.98. The Balaban J connectivity index is 1.96. The maximum absolute atomic E-state index is 6.46. The summed E-state index contributed by atoms with van der Waals surface area (Å²) in [4.78, 5) is 2.42. The normalized spacial score (nSPS) is 18.1. The highest BCUT2D eigenvalue weighted by molar-refractivity contribution is 6.35. The van der Waals surface area contributed by atoms with Crippen molar-refractivity contribution in [2.24, 2.45) is 0 Å². The molecule has 4 heteroatoms. The van der Waals surface area contributed by atoms with Gasteiger partial charge in [0, 0.05) is 39.9 Å². The minimum absolute atomic E-state index is 0.367. The van der Waals surface area contributed by atoms with Gasteiger partial charge in [-0.15, -0.1) is 0 Å². The van der Waals surface area contributed by atoms with E-state index in [1.807, 2.05) is 12.1 Å². The topological polar surface area (TPSA) is 8.17 Å². The van der Waals surface area contributed by atoms with Crippen LogP contribution in [0.5, 0.6) is 0 Å². The molecule has 1 aliphatic heterocycles. The van der Waals surface area contributed by atoms with Gasteiger partial charge in [0.15, 0.2) is 0 Å². The van der Waals surface area contributed by atoms with Crippen LogP contribution in [0, 0.1) is 6.92 Å². The first-order chi connectivity index (χ1) is 12.9. The number of benzene rings is 2. The molecule has 0 aliphatic carbocycles. The van der Waals surface area contributed by atoms with E-state index in [1.165, 1.54) is 27.7 Å². The van der Waals surface area contributed by atoms with Gasteiger partial charge in [0.1, 0.15) is 0 Å². The number of fused-ring (bicyclic) bond motifs is 3. The molecular formula is C23H24Cl2N2. The van der Waals surface area contributed by atoms with E-state index in [2.05, 4.69) is 61.7 Å². The van der Waals surface area contributed by atoms with E-state index >= 15 is 0 Å². The monoisotopic (exact) mass is 398 g/mol. The number of aromatic nitrogens is 1. The van der Waals surface area contributed by atoms with E-state index in [0.717, 1.165) is 24.1 Å². The Morgan fingerprint density at radius 3 is 2.67 bits per heavy atom. The first-order valence-electron chi connectivity index (χ1n) is 9.34. The summed E-state index contributed by atoms with van der Waals surface area (Å²) in [6, 6.07) is 12.8. The van der Waals surface area contributed by atoms with Crippen molar-refractivity contribution in [2.45, 2.75) is 33.2 Å². The first-order valence-corrected chi connectivity index (χ1v) is 10.1. The van der Waals surface area contributed by atoms with Crippen molar-refractivity contribution in [2.75, 3.05) is 13.6 Å². The van der Waals surface area contributed by atoms with E-state index in [-0.39, 0.29) is 0 Å². The molecule has 1 aliphatic rings. The number of aryl methyl sites for hydroxylation is 1. The van der Waals surface area contributed by atoms with Crippen LogP contribution in [-0.2, 0) is 6.42 Å². The summed E-state index contributed by atoms with van der Waals surface area (Å²) in [6.45, 7) is 7.65. The van der Waals surface area contributed by atoms with E-state index < -0.39 is 0 Å². The SMILES string of the molecule is C/C(=C/n1c2c(c3cc(C)ccc31)CCN(C)C2C)c1ccc(Cl)cc1Cl. The molecule has 4 rings (SSSR count). The van der Waals surface area contributed by atoms with Crippen LogP contribution in [0.4, 0.5) is 0 Å². The average molecular weight is 399 g/mol. The molecule has 0 saturated heterocycles. The summed E-state index contributed by atoms with van der Waals surface area (Å²) >= 11 is 12.5. The lowest BCUT2D eigenvalue weighted by Gasteiger charge is -2.31. The third-order valence-electron chi connectivity index (χ3n) is 5.76. The summed E-state index contributed by atoms with van der Waals surface area (Å²) in [5.74, 6) is 0. The molecule has 0 N–H and O–H groups in total. The summed E-state index contributed by atoms with van der Waals surface area (Å²) in [5.41, 5.74) is 7.56. The zero-order valence-corrected chi connectivity index (χ0v) is 17.7. The van der Waals surface area contributed by atoms with E-state index in [0.29, 0.717) is 16.1 Å². The van der Waals surface area contributed by atoms with E-state index in [4.69, 9.17) is 23.2 Å². The predicted molar refractivity (Wildman–Crippen MR) is 118 cm³/mol. The van der Waals surface area contributed by atoms with Crippen LogP contribution in [0.1, 0.15) is 42.3 Å². The summed E-state index contributed by atoms with van der Waals surface area (Å²) in [7, 11) is 2.20. The zero-order valence-electron chi connectivity index (χ0n) is 16.2. The molecule has 1 unspecified atom stereocenters. The lowest BCUT2D eigenvalue weighted by Crippen LogP contribution is -2.31. The van der Waals surface area contributed by atoms with Gasteiger partial charge in [0.25, 0.3) is 0 Å². The van der Waals surface area contributed by atoms with Gasteiger partial charge in [-0.3, -0.25) is 4.90 Å². The number of rotatable bonds is 2. The maximum Gasteiger partial charge on any atom is 0.0529 e. The third-order valence-corrected chi connectivity index (χ3v) is 6.30. The van der Waals surface area contributed by atoms with Crippen molar-refractivity contribution >= 4 is 45.9 Å². The summed E-state index contributed by atoms with van der Waals surface area (Å²) in [6.07, 6.45) is 3.30. The molecule has 0 spiro atoms. The van der Waals surface area contributed by atoms with Crippen molar-refractivity contribution in [1.82, 2.24) is 9.47 Å². The van der Waals surface area contributed by atoms with Crippen LogP contribution in [0.3, 0.4) is 0 Å². The Morgan fingerprint density at radius 2 is 1.93 bits per heavy atom. The highest BCUT2D eigenvalue weighted by atomic mass is 35.5. The molecule has 2 aromatic carbocycles. The minimum atomic E-state index is 0.367.